The van der Waals surface area contributed by atoms with Crippen molar-refractivity contribution >= 4 is 42.1 Å². The van der Waals surface area contributed by atoms with E-state index >= 15 is 0 Å². The van der Waals surface area contributed by atoms with Gasteiger partial charge in [-0.15, -0.1) is 36.2 Å². The molecule has 0 aliphatic carbocycles. The topological polar surface area (TPSA) is 45.2 Å². The SMILES string of the molecule is CC(C)c1ccc(-c2nc(C(=O)N(C)C3CC4CCC(C3)N4)cs2)cc1.Cl.Cl. The van der Waals surface area contributed by atoms with E-state index in [0.29, 0.717) is 29.7 Å². The number of thiazole rings is 1. The molecule has 0 spiro atoms. The highest BCUT2D eigenvalue weighted by atomic mass is 35.5. The average molecular weight is 442 g/mol. The molecule has 2 bridgehead atoms. The highest BCUT2D eigenvalue weighted by molar-refractivity contribution is 7.13. The van der Waals surface area contributed by atoms with E-state index < -0.39 is 0 Å². The van der Waals surface area contributed by atoms with E-state index in [4.69, 9.17) is 0 Å². The summed E-state index contributed by atoms with van der Waals surface area (Å²) in [4.78, 5) is 19.5. The largest absolute Gasteiger partial charge is 0.337 e. The number of rotatable bonds is 4. The predicted octanol–water partition coefficient (Wildman–Crippen LogP) is 5.13. The Kier molecular flexibility index (Phi) is 7.91. The molecule has 2 saturated heterocycles. The molecule has 28 heavy (non-hydrogen) atoms. The Bertz CT molecular complexity index is 781. The molecule has 0 saturated carbocycles. The second-order valence-electron chi connectivity index (χ2n) is 7.99. The molecule has 1 aromatic carbocycles. The maximum absolute atomic E-state index is 12.9. The van der Waals surface area contributed by atoms with Crippen LogP contribution in [-0.4, -0.2) is 41.0 Å². The van der Waals surface area contributed by atoms with E-state index in [1.165, 1.54) is 18.4 Å². The summed E-state index contributed by atoms with van der Waals surface area (Å²) in [5, 5.41) is 6.46. The molecule has 2 atom stereocenters. The van der Waals surface area contributed by atoms with E-state index in [-0.39, 0.29) is 30.7 Å². The molecule has 154 valence electrons. The van der Waals surface area contributed by atoms with E-state index in [0.717, 1.165) is 23.4 Å². The van der Waals surface area contributed by atoms with Crippen molar-refractivity contribution in [2.75, 3.05) is 7.05 Å². The summed E-state index contributed by atoms with van der Waals surface area (Å²) in [6.07, 6.45) is 4.62. The standard InChI is InChI=1S/C21H27N3OS.2ClH/c1-13(2)14-4-6-15(7-5-14)20-23-19(12-26-20)21(25)24(3)18-10-16-8-9-17(11-18)22-16;;/h4-7,12-13,16-18,22H,8-11H2,1-3H3;2*1H. The van der Waals surface area contributed by atoms with Gasteiger partial charge in [0.15, 0.2) is 0 Å². The molecule has 2 aliphatic heterocycles. The summed E-state index contributed by atoms with van der Waals surface area (Å²) < 4.78 is 0. The number of fused-ring (bicyclic) bond motifs is 2. The third-order valence-corrected chi connectivity index (χ3v) is 6.76. The van der Waals surface area contributed by atoms with Crippen LogP contribution in [0.15, 0.2) is 29.6 Å². The fourth-order valence-corrected chi connectivity index (χ4v) is 5.01. The first kappa shape index (κ1) is 23.1. The van der Waals surface area contributed by atoms with Crippen LogP contribution in [0.4, 0.5) is 0 Å². The monoisotopic (exact) mass is 441 g/mol. The lowest BCUT2D eigenvalue weighted by Gasteiger charge is -2.35. The van der Waals surface area contributed by atoms with Gasteiger partial charge >= 0.3 is 0 Å². The number of carbonyl (C=O) groups excluding carboxylic acids is 1. The summed E-state index contributed by atoms with van der Waals surface area (Å²) in [6.45, 7) is 4.38. The first-order chi connectivity index (χ1) is 12.5. The molecule has 2 fully saturated rings. The van der Waals surface area contributed by atoms with E-state index in [1.54, 1.807) is 11.3 Å². The lowest BCUT2D eigenvalue weighted by molar-refractivity contribution is 0.0676. The van der Waals surface area contributed by atoms with E-state index in [2.05, 4.69) is 48.4 Å². The van der Waals surface area contributed by atoms with Crippen molar-refractivity contribution in [3.63, 3.8) is 0 Å². The zero-order chi connectivity index (χ0) is 18.3. The van der Waals surface area contributed by atoms with Gasteiger partial charge in [-0.25, -0.2) is 4.98 Å². The zero-order valence-electron chi connectivity index (χ0n) is 16.6. The Hall–Kier alpha value is -1.14. The quantitative estimate of drug-likeness (QED) is 0.714. The number of piperidine rings is 1. The Morgan fingerprint density at radius 3 is 2.32 bits per heavy atom. The van der Waals surface area contributed by atoms with Gasteiger partial charge in [0, 0.05) is 36.1 Å². The minimum absolute atomic E-state index is 0. The highest BCUT2D eigenvalue weighted by Crippen LogP contribution is 2.31. The van der Waals surface area contributed by atoms with Gasteiger partial charge < -0.3 is 10.2 Å². The van der Waals surface area contributed by atoms with Crippen molar-refractivity contribution < 1.29 is 4.79 Å². The van der Waals surface area contributed by atoms with Crippen LogP contribution in [0.5, 0.6) is 0 Å². The van der Waals surface area contributed by atoms with Crippen LogP contribution in [-0.2, 0) is 0 Å². The van der Waals surface area contributed by atoms with Gasteiger partial charge in [0.1, 0.15) is 10.7 Å². The molecule has 0 radical (unpaired) electrons. The van der Waals surface area contributed by atoms with E-state index in [9.17, 15) is 4.79 Å². The zero-order valence-corrected chi connectivity index (χ0v) is 19.0. The first-order valence-electron chi connectivity index (χ1n) is 9.60. The van der Waals surface area contributed by atoms with Gasteiger partial charge in [-0.3, -0.25) is 4.79 Å². The third-order valence-electron chi connectivity index (χ3n) is 5.86. The fraction of sp³-hybridized carbons (Fsp3) is 0.524. The van der Waals surface area contributed by atoms with Crippen molar-refractivity contribution in [1.82, 2.24) is 15.2 Å². The normalized spacial score (nSPS) is 23.1. The second kappa shape index (κ2) is 9.57. The molecule has 2 aliphatic rings. The number of hydrogen-bond acceptors (Lipinski definition) is 4. The van der Waals surface area contributed by atoms with Gasteiger partial charge in [0.05, 0.1) is 0 Å². The van der Waals surface area contributed by atoms with Crippen molar-refractivity contribution in [1.29, 1.82) is 0 Å². The number of benzene rings is 1. The third kappa shape index (κ3) is 4.70. The molecule has 3 heterocycles. The smallest absolute Gasteiger partial charge is 0.273 e. The second-order valence-corrected chi connectivity index (χ2v) is 8.85. The number of aromatic nitrogens is 1. The molecule has 4 rings (SSSR count). The van der Waals surface area contributed by atoms with Crippen molar-refractivity contribution in [3.05, 3.63) is 40.9 Å². The van der Waals surface area contributed by atoms with Gasteiger partial charge in [-0.05, 0) is 37.2 Å². The molecule has 7 heteroatoms. The molecule has 1 aromatic heterocycles. The van der Waals surface area contributed by atoms with Crippen molar-refractivity contribution in [2.45, 2.75) is 63.6 Å². The molecule has 4 nitrogen and oxygen atoms in total. The number of halogens is 2. The van der Waals surface area contributed by atoms with Crippen LogP contribution in [0.2, 0.25) is 0 Å². The van der Waals surface area contributed by atoms with Crippen LogP contribution in [0.3, 0.4) is 0 Å². The summed E-state index contributed by atoms with van der Waals surface area (Å²) in [6, 6.07) is 10.0. The van der Waals surface area contributed by atoms with Gasteiger partial charge in [-0.1, -0.05) is 38.1 Å². The van der Waals surface area contributed by atoms with Crippen LogP contribution < -0.4 is 5.32 Å². The van der Waals surface area contributed by atoms with Crippen LogP contribution in [0.1, 0.15) is 61.5 Å². The lowest BCUT2D eigenvalue weighted by Crippen LogP contribution is -2.48. The summed E-state index contributed by atoms with van der Waals surface area (Å²) >= 11 is 1.55. The maximum atomic E-state index is 12.9. The van der Waals surface area contributed by atoms with Gasteiger partial charge in [0.25, 0.3) is 5.91 Å². The Morgan fingerprint density at radius 2 is 1.75 bits per heavy atom. The van der Waals surface area contributed by atoms with Crippen LogP contribution >= 0.6 is 36.2 Å². The molecular formula is C21H29Cl2N3OS. The summed E-state index contributed by atoms with van der Waals surface area (Å²) in [7, 11) is 1.94. The summed E-state index contributed by atoms with van der Waals surface area (Å²) in [5.41, 5.74) is 2.98. The summed E-state index contributed by atoms with van der Waals surface area (Å²) in [5.74, 6) is 0.573. The maximum Gasteiger partial charge on any atom is 0.273 e. The minimum atomic E-state index is 0. The molecule has 1 amide bonds. The Balaban J connectivity index is 0.00000140. The van der Waals surface area contributed by atoms with Crippen molar-refractivity contribution in [3.8, 4) is 10.6 Å². The molecule has 2 aromatic rings. The fourth-order valence-electron chi connectivity index (χ4n) is 4.21. The number of nitrogens with zero attached hydrogens (tertiary/aromatic N) is 2. The minimum Gasteiger partial charge on any atom is -0.337 e. The molecule has 2 unspecified atom stereocenters. The van der Waals surface area contributed by atoms with Crippen LogP contribution in [0, 0.1) is 0 Å². The first-order valence-corrected chi connectivity index (χ1v) is 10.5. The molecule has 1 N–H and O–H groups in total. The number of carbonyl (C=O) groups is 1. The number of amides is 1. The van der Waals surface area contributed by atoms with Gasteiger partial charge in [0.2, 0.25) is 0 Å². The lowest BCUT2D eigenvalue weighted by atomic mass is 9.98. The number of nitrogens with one attached hydrogen (secondary N) is 1. The number of hydrogen-bond donors (Lipinski definition) is 1. The van der Waals surface area contributed by atoms with Gasteiger partial charge in [-0.2, -0.15) is 0 Å². The average Bonchev–Trinajstić information content (AvgIpc) is 3.27. The van der Waals surface area contributed by atoms with Crippen LogP contribution in [0.25, 0.3) is 10.6 Å². The van der Waals surface area contributed by atoms with Crippen molar-refractivity contribution in [2.24, 2.45) is 0 Å². The van der Waals surface area contributed by atoms with E-state index in [1.807, 2.05) is 17.3 Å². The Morgan fingerprint density at radius 1 is 1.14 bits per heavy atom. The molecular weight excluding hydrogens is 413 g/mol. The predicted molar refractivity (Wildman–Crippen MR) is 121 cm³/mol. The Labute approximate surface area is 183 Å². The highest BCUT2D eigenvalue weighted by Gasteiger charge is 2.36.